The third-order valence-corrected chi connectivity index (χ3v) is 1.50. The molecule has 0 aromatic heterocycles. The van der Waals surface area contributed by atoms with Crippen LogP contribution in [0, 0.1) is 0 Å². The molecule has 1 atom stereocenters. The van der Waals surface area contributed by atoms with Gasteiger partial charge >= 0.3 is 11.9 Å². The molecule has 1 heterocycles. The van der Waals surface area contributed by atoms with Crippen molar-refractivity contribution >= 4 is 27.9 Å². The van der Waals surface area contributed by atoms with Gasteiger partial charge in [-0.1, -0.05) is 0 Å². The van der Waals surface area contributed by atoms with E-state index in [9.17, 15) is 9.59 Å². The van der Waals surface area contributed by atoms with Gasteiger partial charge in [0, 0.05) is 0 Å². The molecule has 50 valence electrons. The van der Waals surface area contributed by atoms with Gasteiger partial charge in [-0.05, 0) is 15.9 Å². The van der Waals surface area contributed by atoms with Gasteiger partial charge in [-0.2, -0.15) is 0 Å². The normalized spacial score (nSPS) is 34.9. The van der Waals surface area contributed by atoms with E-state index in [1.807, 2.05) is 0 Å². The van der Waals surface area contributed by atoms with Crippen LogP contribution in [0.3, 0.4) is 0 Å². The van der Waals surface area contributed by atoms with Gasteiger partial charge in [0.15, 0.2) is 0 Å². The summed E-state index contributed by atoms with van der Waals surface area (Å²) in [7, 11) is 0. The van der Waals surface area contributed by atoms with Crippen molar-refractivity contribution in [3.8, 4) is 0 Å². The lowest BCUT2D eigenvalue weighted by atomic mass is 10.3. The van der Waals surface area contributed by atoms with Crippen molar-refractivity contribution in [3.05, 3.63) is 0 Å². The van der Waals surface area contributed by atoms with Crippen LogP contribution in [-0.2, 0) is 14.3 Å². The van der Waals surface area contributed by atoms with E-state index in [0.717, 1.165) is 0 Å². The van der Waals surface area contributed by atoms with Gasteiger partial charge in [0.1, 0.15) is 0 Å². The number of alkyl halides is 1. The first-order valence-corrected chi connectivity index (χ1v) is 2.98. The second kappa shape index (κ2) is 1.78. The maximum Gasteiger partial charge on any atom is 0.357 e. The van der Waals surface area contributed by atoms with E-state index in [1.165, 1.54) is 0 Å². The fraction of sp³-hybridized carbons (Fsp3) is 0.500. The Morgan fingerprint density at radius 1 is 1.67 bits per heavy atom. The van der Waals surface area contributed by atoms with E-state index in [4.69, 9.17) is 5.11 Å². The molecule has 0 radical (unpaired) electrons. The highest BCUT2D eigenvalue weighted by Crippen LogP contribution is 2.26. The Kier molecular flexibility index (Phi) is 1.32. The molecule has 0 bridgehead atoms. The maximum absolute atomic E-state index is 10.4. The molecule has 1 saturated heterocycles. The Morgan fingerprint density at radius 3 is 2.33 bits per heavy atom. The zero-order valence-corrected chi connectivity index (χ0v) is 5.84. The lowest BCUT2D eigenvalue weighted by Gasteiger charge is -2.02. The maximum atomic E-state index is 10.4. The summed E-state index contributed by atoms with van der Waals surface area (Å²) in [4.78, 5) is 20.6. The summed E-state index contributed by atoms with van der Waals surface area (Å²) in [6.45, 7) is 0. The summed E-state index contributed by atoms with van der Waals surface area (Å²) in [5.41, 5.74) is 0. The van der Waals surface area contributed by atoms with Crippen LogP contribution in [0.5, 0.6) is 0 Å². The molecule has 5 heteroatoms. The molecule has 1 unspecified atom stereocenters. The first kappa shape index (κ1) is 6.70. The lowest BCUT2D eigenvalue weighted by Crippen LogP contribution is -2.25. The number of cyclic esters (lactones) is 2. The van der Waals surface area contributed by atoms with Crippen LogP contribution in [-0.4, -0.2) is 21.6 Å². The molecule has 0 saturated carbocycles. The molecule has 4 nitrogen and oxygen atoms in total. The van der Waals surface area contributed by atoms with Crippen LogP contribution in [0.25, 0.3) is 0 Å². The molecule has 1 N–H and O–H groups in total. The summed E-state index contributed by atoms with van der Waals surface area (Å²) < 4.78 is 2.23. The van der Waals surface area contributed by atoms with Gasteiger partial charge in [-0.15, -0.1) is 0 Å². The van der Waals surface area contributed by atoms with E-state index >= 15 is 0 Å². The van der Waals surface area contributed by atoms with E-state index in [2.05, 4.69) is 20.7 Å². The van der Waals surface area contributed by atoms with Crippen LogP contribution in [0.1, 0.15) is 6.42 Å². The van der Waals surface area contributed by atoms with Crippen molar-refractivity contribution in [2.75, 3.05) is 0 Å². The van der Waals surface area contributed by atoms with Crippen LogP contribution < -0.4 is 0 Å². The molecule has 1 aliphatic rings. The summed E-state index contributed by atoms with van der Waals surface area (Å²) in [5, 5.41) is 8.85. The molecule has 1 aliphatic heterocycles. The number of aliphatic hydroxyl groups is 1. The Hall–Kier alpha value is -0.420. The highest BCUT2D eigenvalue weighted by Gasteiger charge is 2.45. The Balaban J connectivity index is 2.81. The Morgan fingerprint density at radius 2 is 2.22 bits per heavy atom. The molecule has 0 aromatic rings. The van der Waals surface area contributed by atoms with Crippen LogP contribution >= 0.6 is 15.9 Å². The summed E-state index contributed by atoms with van der Waals surface area (Å²) in [6.07, 6.45) is -0.314. The Bertz CT molecular complexity index is 173. The molecule has 9 heavy (non-hydrogen) atoms. The molecular weight excluding hydrogens is 192 g/mol. The van der Waals surface area contributed by atoms with Gasteiger partial charge in [0.25, 0.3) is 0 Å². The molecule has 1 fully saturated rings. The van der Waals surface area contributed by atoms with Crippen molar-refractivity contribution in [3.63, 3.8) is 0 Å². The van der Waals surface area contributed by atoms with E-state index < -0.39 is 16.4 Å². The average molecular weight is 195 g/mol. The zero-order chi connectivity index (χ0) is 7.07. The minimum absolute atomic E-state index is 0.314. The van der Waals surface area contributed by atoms with Crippen molar-refractivity contribution in [2.45, 2.75) is 10.9 Å². The quantitative estimate of drug-likeness (QED) is 0.322. The first-order chi connectivity index (χ1) is 4.02. The third kappa shape index (κ3) is 1.11. The monoisotopic (exact) mass is 194 g/mol. The summed E-state index contributed by atoms with van der Waals surface area (Å²) in [5.74, 6) is -1.65. The molecule has 0 spiro atoms. The van der Waals surface area contributed by atoms with Crippen molar-refractivity contribution in [1.29, 1.82) is 0 Å². The van der Waals surface area contributed by atoms with Crippen molar-refractivity contribution < 1.29 is 19.4 Å². The third-order valence-electron chi connectivity index (χ3n) is 0.898. The topological polar surface area (TPSA) is 63.6 Å². The highest BCUT2D eigenvalue weighted by atomic mass is 79.9. The molecule has 0 amide bonds. The van der Waals surface area contributed by atoms with Crippen molar-refractivity contribution in [2.24, 2.45) is 0 Å². The molecule has 0 aromatic carbocycles. The first-order valence-electron chi connectivity index (χ1n) is 2.19. The van der Waals surface area contributed by atoms with Crippen LogP contribution in [0.15, 0.2) is 0 Å². The smallest absolute Gasteiger partial charge is 0.357 e. The van der Waals surface area contributed by atoms with Crippen LogP contribution in [0.4, 0.5) is 0 Å². The van der Waals surface area contributed by atoms with Gasteiger partial charge in [0.05, 0.1) is 6.42 Å². The summed E-state index contributed by atoms with van der Waals surface area (Å²) in [6, 6.07) is 0. The van der Waals surface area contributed by atoms with Crippen molar-refractivity contribution in [1.82, 2.24) is 0 Å². The fourth-order valence-electron chi connectivity index (χ4n) is 0.481. The number of esters is 2. The SMILES string of the molecule is O=C1CC(O)(Br)C(=O)O1. The molecular formula is C4H3BrO4. The predicted molar refractivity (Wildman–Crippen MR) is 29.6 cm³/mol. The minimum atomic E-state index is -1.77. The minimum Gasteiger partial charge on any atom is -0.390 e. The van der Waals surface area contributed by atoms with E-state index in [0.29, 0.717) is 0 Å². The van der Waals surface area contributed by atoms with Gasteiger partial charge in [-0.3, -0.25) is 4.79 Å². The number of carbonyl (C=O) groups is 2. The number of hydrogen-bond acceptors (Lipinski definition) is 4. The number of carbonyl (C=O) groups excluding carboxylic acids is 2. The molecule has 0 aliphatic carbocycles. The van der Waals surface area contributed by atoms with E-state index in [-0.39, 0.29) is 6.42 Å². The fourth-order valence-corrected chi connectivity index (χ4v) is 0.791. The van der Waals surface area contributed by atoms with Gasteiger partial charge < -0.3 is 9.84 Å². The lowest BCUT2D eigenvalue weighted by molar-refractivity contribution is -0.155. The second-order valence-corrected chi connectivity index (χ2v) is 3.01. The van der Waals surface area contributed by atoms with Crippen LogP contribution in [0.2, 0.25) is 0 Å². The predicted octanol–water partition coefficient (Wildman–Crippen LogP) is -0.457. The zero-order valence-electron chi connectivity index (χ0n) is 4.26. The number of hydrogen-bond donors (Lipinski definition) is 1. The van der Waals surface area contributed by atoms with Gasteiger partial charge in [0.2, 0.25) is 4.51 Å². The standard InChI is InChI=1S/C4H3BrO4/c5-4(8)1-2(6)9-3(4)7/h8H,1H2. The largest absolute Gasteiger partial charge is 0.390 e. The number of rotatable bonds is 0. The highest BCUT2D eigenvalue weighted by molar-refractivity contribution is 9.10. The second-order valence-electron chi connectivity index (χ2n) is 1.70. The summed E-state index contributed by atoms with van der Waals surface area (Å²) >= 11 is 2.61. The van der Waals surface area contributed by atoms with E-state index in [1.54, 1.807) is 0 Å². The number of ether oxygens (including phenoxy) is 1. The average Bonchev–Trinajstić information content (AvgIpc) is 1.79. The molecule has 1 rings (SSSR count). The number of halogens is 1. The van der Waals surface area contributed by atoms with Gasteiger partial charge in [-0.25, -0.2) is 4.79 Å². The Labute approximate surface area is 58.9 Å².